The van der Waals surface area contributed by atoms with E-state index in [1.54, 1.807) is 36.4 Å². The van der Waals surface area contributed by atoms with Gasteiger partial charge in [0.2, 0.25) is 0 Å². The number of fused-ring (bicyclic) bond motifs is 1. The van der Waals surface area contributed by atoms with E-state index in [2.05, 4.69) is 10.2 Å². The summed E-state index contributed by atoms with van der Waals surface area (Å²) >= 11 is 7.40. The van der Waals surface area contributed by atoms with Crippen molar-refractivity contribution in [2.24, 2.45) is 0 Å². The first-order chi connectivity index (χ1) is 14.1. The van der Waals surface area contributed by atoms with E-state index in [1.165, 1.54) is 16.7 Å². The largest absolute Gasteiger partial charge is 0.482 e. The second-order valence-corrected chi connectivity index (χ2v) is 7.64. The molecule has 2 heterocycles. The van der Waals surface area contributed by atoms with Gasteiger partial charge in [-0.1, -0.05) is 47.6 Å². The third-order valence-corrected chi connectivity index (χ3v) is 5.48. The highest BCUT2D eigenvalue weighted by molar-refractivity contribution is 7.99. The van der Waals surface area contributed by atoms with E-state index in [0.29, 0.717) is 51.7 Å². The van der Waals surface area contributed by atoms with Crippen molar-refractivity contribution < 1.29 is 18.7 Å². The van der Waals surface area contributed by atoms with Crippen molar-refractivity contribution in [3.63, 3.8) is 0 Å². The number of hydrogen-bond acceptors (Lipinski definition) is 7. The van der Waals surface area contributed by atoms with Crippen LogP contribution in [0.25, 0.3) is 0 Å². The van der Waals surface area contributed by atoms with Gasteiger partial charge in [-0.2, -0.15) is 0 Å². The van der Waals surface area contributed by atoms with Crippen molar-refractivity contribution in [3.8, 4) is 5.75 Å². The zero-order valence-corrected chi connectivity index (χ0v) is 16.8. The molecule has 1 aromatic heterocycles. The van der Waals surface area contributed by atoms with Crippen LogP contribution in [-0.4, -0.2) is 39.2 Å². The fraction of sp³-hybridized carbons (Fsp3) is 0.200. The number of imide groups is 1. The molecule has 4 rings (SSSR count). The summed E-state index contributed by atoms with van der Waals surface area (Å²) < 4.78 is 11.1. The number of amides is 2. The van der Waals surface area contributed by atoms with E-state index in [1.807, 2.05) is 12.1 Å². The number of rotatable bonds is 8. The van der Waals surface area contributed by atoms with Crippen LogP contribution in [0.1, 0.15) is 33.0 Å². The summed E-state index contributed by atoms with van der Waals surface area (Å²) in [5.41, 5.74) is 0.926. The lowest BCUT2D eigenvalue weighted by Gasteiger charge is -2.12. The van der Waals surface area contributed by atoms with Crippen LogP contribution in [0.4, 0.5) is 0 Å². The van der Waals surface area contributed by atoms with Gasteiger partial charge in [0, 0.05) is 12.3 Å². The topological polar surface area (TPSA) is 85.5 Å². The van der Waals surface area contributed by atoms with E-state index < -0.39 is 0 Å². The molecule has 2 aromatic carbocycles. The fourth-order valence-electron chi connectivity index (χ4n) is 2.88. The van der Waals surface area contributed by atoms with Gasteiger partial charge in [-0.3, -0.25) is 14.5 Å². The molecule has 29 heavy (non-hydrogen) atoms. The molecule has 1 aliphatic heterocycles. The zero-order valence-electron chi connectivity index (χ0n) is 15.2. The van der Waals surface area contributed by atoms with Gasteiger partial charge in [-0.15, -0.1) is 10.2 Å². The maximum absolute atomic E-state index is 12.3. The van der Waals surface area contributed by atoms with Gasteiger partial charge in [0.25, 0.3) is 22.9 Å². The number of nitrogens with zero attached hydrogens (tertiary/aromatic N) is 3. The van der Waals surface area contributed by atoms with Crippen LogP contribution in [0.5, 0.6) is 5.75 Å². The molecule has 1 aliphatic rings. The molecule has 0 fully saturated rings. The van der Waals surface area contributed by atoms with Crippen molar-refractivity contribution in [1.82, 2.24) is 15.1 Å². The number of carbonyl (C=O) groups is 2. The fourth-order valence-corrected chi connectivity index (χ4v) is 3.77. The molecular formula is C20H16ClN3O4S. The Hall–Kier alpha value is -2.84. The van der Waals surface area contributed by atoms with Crippen LogP contribution in [-0.2, 0) is 6.61 Å². The molecule has 7 nitrogen and oxygen atoms in total. The number of thioether (sulfide) groups is 1. The van der Waals surface area contributed by atoms with Crippen molar-refractivity contribution in [3.05, 3.63) is 70.6 Å². The lowest BCUT2D eigenvalue weighted by molar-refractivity contribution is 0.0655. The number of ether oxygens (including phenoxy) is 1. The highest BCUT2D eigenvalue weighted by Gasteiger charge is 2.34. The van der Waals surface area contributed by atoms with E-state index in [0.717, 1.165) is 0 Å². The monoisotopic (exact) mass is 429 g/mol. The Morgan fingerprint density at radius 2 is 1.69 bits per heavy atom. The average Bonchev–Trinajstić information content (AvgIpc) is 3.29. The van der Waals surface area contributed by atoms with Crippen LogP contribution in [0.15, 0.2) is 58.2 Å². The maximum Gasteiger partial charge on any atom is 0.276 e. The Morgan fingerprint density at radius 1 is 1.00 bits per heavy atom. The van der Waals surface area contributed by atoms with Gasteiger partial charge < -0.3 is 9.15 Å². The Kier molecular flexibility index (Phi) is 5.82. The van der Waals surface area contributed by atoms with Gasteiger partial charge in [-0.25, -0.2) is 0 Å². The van der Waals surface area contributed by atoms with Crippen molar-refractivity contribution in [2.45, 2.75) is 18.3 Å². The van der Waals surface area contributed by atoms with Crippen LogP contribution >= 0.6 is 23.4 Å². The first-order valence-electron chi connectivity index (χ1n) is 8.91. The summed E-state index contributed by atoms with van der Waals surface area (Å²) in [6.45, 7) is 0.461. The predicted molar refractivity (Wildman–Crippen MR) is 107 cm³/mol. The van der Waals surface area contributed by atoms with Gasteiger partial charge in [-0.05, 0) is 30.7 Å². The molecule has 0 N–H and O–H groups in total. The van der Waals surface area contributed by atoms with Crippen LogP contribution < -0.4 is 4.74 Å². The van der Waals surface area contributed by atoms with Crippen LogP contribution in [0, 0.1) is 0 Å². The minimum Gasteiger partial charge on any atom is -0.482 e. The summed E-state index contributed by atoms with van der Waals surface area (Å²) in [6.07, 6.45) is 0.615. The molecule has 3 aromatic rings. The van der Waals surface area contributed by atoms with E-state index in [4.69, 9.17) is 20.8 Å². The van der Waals surface area contributed by atoms with Crippen LogP contribution in [0.2, 0.25) is 5.02 Å². The lowest BCUT2D eigenvalue weighted by atomic mass is 10.1. The summed E-state index contributed by atoms with van der Waals surface area (Å²) in [4.78, 5) is 25.9. The number of hydrogen-bond donors (Lipinski definition) is 0. The molecule has 0 atom stereocenters. The third-order valence-electron chi connectivity index (χ3n) is 4.27. The number of halogens is 1. The molecular weight excluding hydrogens is 414 g/mol. The normalized spacial score (nSPS) is 13.1. The molecule has 0 bridgehead atoms. The Morgan fingerprint density at radius 3 is 2.41 bits per heavy atom. The van der Waals surface area contributed by atoms with Gasteiger partial charge in [0.1, 0.15) is 5.75 Å². The summed E-state index contributed by atoms with van der Waals surface area (Å²) in [7, 11) is 0. The van der Waals surface area contributed by atoms with Gasteiger partial charge in [0.05, 0.1) is 16.1 Å². The smallest absolute Gasteiger partial charge is 0.276 e. The number of para-hydroxylation sites is 1. The second kappa shape index (κ2) is 8.67. The highest BCUT2D eigenvalue weighted by atomic mass is 35.5. The summed E-state index contributed by atoms with van der Waals surface area (Å²) in [6, 6.07) is 14.0. The molecule has 0 saturated heterocycles. The minimum atomic E-state index is -0.243. The molecule has 0 unspecified atom stereocenters. The number of aromatic nitrogens is 2. The first kappa shape index (κ1) is 19.5. The Labute approximate surface area is 176 Å². The third kappa shape index (κ3) is 4.28. The Balaban J connectivity index is 1.23. The van der Waals surface area contributed by atoms with Gasteiger partial charge >= 0.3 is 0 Å². The molecule has 0 saturated carbocycles. The van der Waals surface area contributed by atoms with Crippen LogP contribution in [0.3, 0.4) is 0 Å². The molecule has 0 aliphatic carbocycles. The molecule has 0 radical (unpaired) electrons. The zero-order chi connectivity index (χ0) is 20.2. The van der Waals surface area contributed by atoms with Crippen molar-refractivity contribution in [1.29, 1.82) is 0 Å². The highest BCUT2D eigenvalue weighted by Crippen LogP contribution is 2.25. The lowest BCUT2D eigenvalue weighted by Crippen LogP contribution is -2.30. The number of carbonyl (C=O) groups excluding carboxylic acids is 2. The Bertz CT molecular complexity index is 1020. The van der Waals surface area contributed by atoms with E-state index in [-0.39, 0.29) is 18.4 Å². The average molecular weight is 430 g/mol. The second-order valence-electron chi connectivity index (χ2n) is 6.19. The predicted octanol–water partition coefficient (Wildman–Crippen LogP) is 4.08. The molecule has 2 amide bonds. The molecule has 0 spiro atoms. The SMILES string of the molecule is O=C1c2ccccc2C(=O)N1CCCSc1nnc(COc2ccccc2Cl)o1. The standard InChI is InChI=1S/C20H16ClN3O4S/c21-15-8-3-4-9-16(15)27-12-17-22-23-20(28-17)29-11-5-10-24-18(25)13-6-1-2-7-14(13)19(24)26/h1-4,6-9H,5,10-12H2. The van der Waals surface area contributed by atoms with E-state index >= 15 is 0 Å². The van der Waals surface area contributed by atoms with Crippen molar-refractivity contribution in [2.75, 3.05) is 12.3 Å². The molecule has 9 heteroatoms. The quantitative estimate of drug-likeness (QED) is 0.303. The minimum absolute atomic E-state index is 0.117. The summed E-state index contributed by atoms with van der Waals surface area (Å²) in [5.74, 6) is 1.02. The van der Waals surface area contributed by atoms with E-state index in [9.17, 15) is 9.59 Å². The van der Waals surface area contributed by atoms with Crippen molar-refractivity contribution >= 4 is 35.2 Å². The van der Waals surface area contributed by atoms with Gasteiger partial charge in [0.15, 0.2) is 6.61 Å². The number of benzene rings is 2. The maximum atomic E-state index is 12.3. The summed E-state index contributed by atoms with van der Waals surface area (Å²) in [5, 5.41) is 8.83. The first-order valence-corrected chi connectivity index (χ1v) is 10.3. The molecule has 148 valence electrons.